The number of nitrogens with zero attached hydrogens (tertiary/aromatic N) is 1. The van der Waals surface area contributed by atoms with Crippen LogP contribution in [0.15, 0.2) is 24.3 Å². The van der Waals surface area contributed by atoms with Crippen molar-refractivity contribution in [3.8, 4) is 5.75 Å². The van der Waals surface area contributed by atoms with Crippen molar-refractivity contribution in [2.75, 3.05) is 7.11 Å². The van der Waals surface area contributed by atoms with Gasteiger partial charge in [0.25, 0.3) is 0 Å². The van der Waals surface area contributed by atoms with E-state index in [9.17, 15) is 14.7 Å². The maximum atomic E-state index is 12.5. The second kappa shape index (κ2) is 6.48. The van der Waals surface area contributed by atoms with Gasteiger partial charge in [0.15, 0.2) is 0 Å². The van der Waals surface area contributed by atoms with E-state index in [-0.39, 0.29) is 6.04 Å². The first kappa shape index (κ1) is 17.1. The number of benzene rings is 1. The van der Waals surface area contributed by atoms with E-state index >= 15 is 0 Å². The molecule has 0 unspecified atom stereocenters. The molecule has 126 valence electrons. The van der Waals surface area contributed by atoms with E-state index in [0.717, 1.165) is 5.56 Å². The van der Waals surface area contributed by atoms with Gasteiger partial charge >= 0.3 is 12.1 Å². The molecule has 0 aliphatic carbocycles. The number of likely N-dealkylation sites (tertiary alicyclic amines) is 1. The van der Waals surface area contributed by atoms with Crippen molar-refractivity contribution in [2.45, 2.75) is 51.3 Å². The summed E-state index contributed by atoms with van der Waals surface area (Å²) >= 11 is 0. The molecule has 1 amide bonds. The van der Waals surface area contributed by atoms with Crippen LogP contribution in [0.25, 0.3) is 0 Å². The third-order valence-electron chi connectivity index (χ3n) is 3.78. The molecule has 23 heavy (non-hydrogen) atoms. The highest BCUT2D eigenvalue weighted by atomic mass is 16.6. The van der Waals surface area contributed by atoms with Gasteiger partial charge in [0, 0.05) is 0 Å². The first-order valence-corrected chi connectivity index (χ1v) is 7.61. The molecule has 2 atom stereocenters. The van der Waals surface area contributed by atoms with E-state index in [1.165, 1.54) is 4.90 Å². The molecule has 0 saturated carbocycles. The standard InChI is InChI=1S/C17H23NO5/c1-17(2,3)23-16(21)18-13(9-10-14(18)15(19)20)11-5-7-12(22-4)8-6-11/h5-8,13-14H,9-10H2,1-4H3,(H,19,20)/t13-,14-/m1/s1. The molecular weight excluding hydrogens is 298 g/mol. The van der Waals surface area contributed by atoms with Crippen LogP contribution in [0.5, 0.6) is 5.75 Å². The predicted octanol–water partition coefficient (Wildman–Crippen LogP) is 3.22. The van der Waals surface area contributed by atoms with Crippen LogP contribution in [0.2, 0.25) is 0 Å². The number of amides is 1. The monoisotopic (exact) mass is 321 g/mol. The summed E-state index contributed by atoms with van der Waals surface area (Å²) < 4.78 is 10.5. The van der Waals surface area contributed by atoms with Gasteiger partial charge in [-0.2, -0.15) is 0 Å². The highest BCUT2D eigenvalue weighted by Crippen LogP contribution is 2.37. The summed E-state index contributed by atoms with van der Waals surface area (Å²) in [7, 11) is 1.58. The van der Waals surface area contributed by atoms with Crippen LogP contribution in [-0.4, -0.2) is 40.8 Å². The fraction of sp³-hybridized carbons (Fsp3) is 0.529. The molecule has 1 fully saturated rings. The van der Waals surface area contributed by atoms with Crippen LogP contribution in [0.1, 0.15) is 45.2 Å². The van der Waals surface area contributed by atoms with Crippen molar-refractivity contribution in [3.63, 3.8) is 0 Å². The Hall–Kier alpha value is -2.24. The van der Waals surface area contributed by atoms with Crippen molar-refractivity contribution < 1.29 is 24.2 Å². The average molecular weight is 321 g/mol. The fourth-order valence-electron chi connectivity index (χ4n) is 2.78. The molecule has 0 aromatic heterocycles. The van der Waals surface area contributed by atoms with Crippen molar-refractivity contribution in [2.24, 2.45) is 0 Å². The SMILES string of the molecule is COc1ccc([C@H]2CC[C@H](C(=O)O)N2C(=O)OC(C)(C)C)cc1. The molecule has 6 heteroatoms. The van der Waals surface area contributed by atoms with E-state index in [1.807, 2.05) is 12.1 Å². The normalized spacial score (nSPS) is 21.1. The zero-order valence-electron chi connectivity index (χ0n) is 13.9. The Kier molecular flexibility index (Phi) is 4.82. The number of hydrogen-bond acceptors (Lipinski definition) is 4. The minimum Gasteiger partial charge on any atom is -0.497 e. The Bertz CT molecular complexity index is 576. The van der Waals surface area contributed by atoms with Crippen LogP contribution < -0.4 is 4.74 Å². The highest BCUT2D eigenvalue weighted by molar-refractivity contribution is 5.81. The summed E-state index contributed by atoms with van der Waals surface area (Å²) in [5.74, 6) is -0.294. The van der Waals surface area contributed by atoms with Gasteiger partial charge in [-0.3, -0.25) is 4.90 Å². The molecule has 1 aliphatic rings. The Morgan fingerprint density at radius 2 is 1.78 bits per heavy atom. The number of rotatable bonds is 3. The first-order chi connectivity index (χ1) is 10.7. The molecule has 6 nitrogen and oxygen atoms in total. The molecule has 0 radical (unpaired) electrons. The van der Waals surface area contributed by atoms with Crippen LogP contribution in [0.3, 0.4) is 0 Å². The first-order valence-electron chi connectivity index (χ1n) is 7.61. The molecule has 2 rings (SSSR count). The molecule has 1 aromatic rings. The zero-order chi connectivity index (χ0) is 17.2. The number of carbonyl (C=O) groups is 2. The Morgan fingerprint density at radius 3 is 2.26 bits per heavy atom. The van der Waals surface area contributed by atoms with Crippen LogP contribution in [0, 0.1) is 0 Å². The topological polar surface area (TPSA) is 76.1 Å². The largest absolute Gasteiger partial charge is 0.497 e. The number of methoxy groups -OCH3 is 1. The number of aliphatic carboxylic acids is 1. The average Bonchev–Trinajstić information content (AvgIpc) is 2.90. The molecule has 0 bridgehead atoms. The summed E-state index contributed by atoms with van der Waals surface area (Å²) in [6, 6.07) is 6.14. The van der Waals surface area contributed by atoms with Crippen molar-refractivity contribution >= 4 is 12.1 Å². The Labute approximate surface area is 136 Å². The van der Waals surface area contributed by atoms with Gasteiger partial charge in [-0.1, -0.05) is 12.1 Å². The number of carbonyl (C=O) groups excluding carboxylic acids is 1. The van der Waals surface area contributed by atoms with Crippen molar-refractivity contribution in [1.82, 2.24) is 4.90 Å². The van der Waals surface area contributed by atoms with Gasteiger partial charge in [0.2, 0.25) is 0 Å². The van der Waals surface area contributed by atoms with Crippen LogP contribution in [-0.2, 0) is 9.53 Å². The Morgan fingerprint density at radius 1 is 1.17 bits per heavy atom. The van der Waals surface area contributed by atoms with Gasteiger partial charge in [-0.05, 0) is 51.3 Å². The van der Waals surface area contributed by atoms with E-state index < -0.39 is 23.7 Å². The maximum Gasteiger partial charge on any atom is 0.411 e. The molecule has 1 aliphatic heterocycles. The molecule has 0 spiro atoms. The van der Waals surface area contributed by atoms with E-state index in [4.69, 9.17) is 9.47 Å². The van der Waals surface area contributed by atoms with Gasteiger partial charge < -0.3 is 14.6 Å². The lowest BCUT2D eigenvalue weighted by molar-refractivity contribution is -0.142. The lowest BCUT2D eigenvalue weighted by Gasteiger charge is -2.31. The summed E-state index contributed by atoms with van der Waals surface area (Å²) in [5, 5.41) is 9.41. The van der Waals surface area contributed by atoms with Gasteiger partial charge in [-0.15, -0.1) is 0 Å². The van der Waals surface area contributed by atoms with Crippen LogP contribution >= 0.6 is 0 Å². The van der Waals surface area contributed by atoms with Crippen molar-refractivity contribution in [1.29, 1.82) is 0 Å². The van der Waals surface area contributed by atoms with E-state index in [1.54, 1.807) is 40.0 Å². The second-order valence-corrected chi connectivity index (χ2v) is 6.61. The minimum absolute atomic E-state index is 0.308. The van der Waals surface area contributed by atoms with Crippen molar-refractivity contribution in [3.05, 3.63) is 29.8 Å². The quantitative estimate of drug-likeness (QED) is 0.925. The molecule has 1 N–H and O–H groups in total. The summed E-state index contributed by atoms with van der Waals surface area (Å²) in [4.78, 5) is 25.3. The third-order valence-corrected chi connectivity index (χ3v) is 3.78. The summed E-state index contributed by atoms with van der Waals surface area (Å²) in [6.45, 7) is 5.29. The molecule has 1 saturated heterocycles. The lowest BCUT2D eigenvalue weighted by Crippen LogP contribution is -2.44. The Balaban J connectivity index is 2.29. The van der Waals surface area contributed by atoms with Gasteiger partial charge in [0.05, 0.1) is 13.2 Å². The lowest BCUT2D eigenvalue weighted by atomic mass is 10.0. The number of carboxylic acid groups (broad SMARTS) is 1. The zero-order valence-corrected chi connectivity index (χ0v) is 13.9. The minimum atomic E-state index is -1.01. The van der Waals surface area contributed by atoms with Crippen LogP contribution in [0.4, 0.5) is 4.79 Å². The van der Waals surface area contributed by atoms with Gasteiger partial charge in [0.1, 0.15) is 17.4 Å². The number of carboxylic acids is 1. The predicted molar refractivity (Wildman–Crippen MR) is 84.5 cm³/mol. The molecular formula is C17H23NO5. The maximum absolute atomic E-state index is 12.5. The third kappa shape index (κ3) is 3.94. The smallest absolute Gasteiger partial charge is 0.411 e. The van der Waals surface area contributed by atoms with Gasteiger partial charge in [-0.25, -0.2) is 9.59 Å². The van der Waals surface area contributed by atoms with E-state index in [0.29, 0.717) is 18.6 Å². The number of ether oxygens (including phenoxy) is 2. The molecule has 1 heterocycles. The highest BCUT2D eigenvalue weighted by Gasteiger charge is 2.43. The second-order valence-electron chi connectivity index (χ2n) is 6.61. The summed E-state index contributed by atoms with van der Waals surface area (Å²) in [5.41, 5.74) is 0.202. The summed E-state index contributed by atoms with van der Waals surface area (Å²) in [6.07, 6.45) is 0.400. The fourth-order valence-corrected chi connectivity index (χ4v) is 2.78. The van der Waals surface area contributed by atoms with E-state index in [2.05, 4.69) is 0 Å². The molecule has 1 aromatic carbocycles. The number of hydrogen-bond donors (Lipinski definition) is 1.